The molecule has 0 saturated carbocycles. The van der Waals surface area contributed by atoms with E-state index < -0.39 is 30.1 Å². The average Bonchev–Trinajstić information content (AvgIpc) is 1.78. The van der Waals surface area contributed by atoms with Crippen LogP contribution >= 0.6 is 128 Å². The molecule has 6 aromatic carbocycles. The zero-order chi connectivity index (χ0) is 80.1. The Morgan fingerprint density at radius 3 is 1.25 bits per heavy atom. The van der Waals surface area contributed by atoms with E-state index in [1.807, 2.05) is 97.1 Å². The van der Waals surface area contributed by atoms with Crippen LogP contribution in [-0.2, 0) is 22.6 Å². The molecule has 594 valence electrons. The molecule has 0 atom stereocenters. The Morgan fingerprint density at radius 1 is 0.514 bits per heavy atom. The molecule has 0 amide bonds. The van der Waals surface area contributed by atoms with Crippen molar-refractivity contribution in [2.75, 3.05) is 92.8 Å². The molecular formula is C73H77Cl8F3N13O11S3+. The van der Waals surface area contributed by atoms with E-state index in [1.165, 1.54) is 11.8 Å². The highest BCUT2D eigenvalue weighted by Crippen LogP contribution is 2.39. The molecule has 4 aliphatic rings. The van der Waals surface area contributed by atoms with E-state index in [2.05, 4.69) is 55.6 Å². The number of aliphatic carboxylic acids is 1. The molecule has 0 radical (unpaired) electrons. The van der Waals surface area contributed by atoms with Gasteiger partial charge in [0.1, 0.15) is 23.1 Å². The number of halogens is 11. The number of benzene rings is 6. The fourth-order valence-electron chi connectivity index (χ4n) is 12.0. The molecular weight excluding hydrogens is 1670 g/mol. The Bertz CT molecular complexity index is 4510. The number of carboxylic acids is 3. The first-order chi connectivity index (χ1) is 53.0. The number of hydrogen-bond acceptors (Lipinski definition) is 20. The van der Waals surface area contributed by atoms with E-state index in [9.17, 15) is 37.8 Å². The zero-order valence-electron chi connectivity index (χ0n) is 59.7. The molecule has 4 saturated heterocycles. The number of alkyl halides is 3. The number of carbonyl (C=O) groups is 4. The van der Waals surface area contributed by atoms with Crippen LogP contribution in [0.4, 0.5) is 35.9 Å². The minimum absolute atomic E-state index is 0.0148. The van der Waals surface area contributed by atoms with Gasteiger partial charge in [0.15, 0.2) is 5.03 Å². The number of carboxylic acid groups (broad SMARTS) is 3. The van der Waals surface area contributed by atoms with Gasteiger partial charge in [-0.05, 0) is 166 Å². The second-order valence-electron chi connectivity index (χ2n) is 25.3. The molecule has 3 aromatic heterocycles. The van der Waals surface area contributed by atoms with Gasteiger partial charge in [0.25, 0.3) is 0 Å². The molecule has 0 unspecified atom stereocenters. The van der Waals surface area contributed by atoms with Gasteiger partial charge < -0.3 is 54.2 Å². The minimum atomic E-state index is -5.08. The van der Waals surface area contributed by atoms with Gasteiger partial charge in [-0.15, -0.1) is 31.7 Å². The van der Waals surface area contributed by atoms with Gasteiger partial charge in [-0.25, -0.2) is 23.9 Å². The number of nitrogens with one attached hydrogen (secondary N) is 2. The molecule has 9 aromatic rings. The molecule has 0 aliphatic carbocycles. The number of H-pyrrole nitrogens is 2. The molecule has 38 heteroatoms. The summed E-state index contributed by atoms with van der Waals surface area (Å²) < 4.78 is 51.0. The fraction of sp³-hybridized carbons (Fsp3) is 0.370. The predicted molar refractivity (Wildman–Crippen MR) is 430 cm³/mol. The van der Waals surface area contributed by atoms with Crippen LogP contribution in [0.25, 0.3) is 0 Å². The highest BCUT2D eigenvalue weighted by molar-refractivity contribution is 8.00. The van der Waals surface area contributed by atoms with Crippen molar-refractivity contribution in [2.24, 2.45) is 0 Å². The van der Waals surface area contributed by atoms with Gasteiger partial charge in [0.05, 0.1) is 38.6 Å². The van der Waals surface area contributed by atoms with Crippen LogP contribution in [-0.4, -0.2) is 186 Å². The number of aromatic amines is 2. The third-order valence-electron chi connectivity index (χ3n) is 17.5. The molecule has 7 heterocycles. The Balaban J connectivity index is 0.000000170. The van der Waals surface area contributed by atoms with E-state index in [4.69, 9.17) is 122 Å². The van der Waals surface area contributed by atoms with E-state index in [1.54, 1.807) is 78.3 Å². The molecule has 111 heavy (non-hydrogen) atoms. The number of aliphatic hydroxyl groups is 1. The Hall–Kier alpha value is -7.46. The van der Waals surface area contributed by atoms with Crippen molar-refractivity contribution >= 4 is 175 Å². The molecule has 0 bridgehead atoms. The summed E-state index contributed by atoms with van der Waals surface area (Å²) in [7, 11) is 3.26. The number of nitrogens with zero attached hydrogens (tertiary/aromatic N) is 11. The number of anilines is 4. The van der Waals surface area contributed by atoms with Gasteiger partial charge in [0, 0.05) is 131 Å². The van der Waals surface area contributed by atoms with Crippen LogP contribution in [0.1, 0.15) is 101 Å². The minimum Gasteiger partial charge on any atom is -0.497 e. The molecule has 0 spiro atoms. The maximum atomic E-state index is 12.6. The summed E-state index contributed by atoms with van der Waals surface area (Å²) >= 11 is 53.3. The van der Waals surface area contributed by atoms with Gasteiger partial charge >= 0.3 is 35.7 Å². The van der Waals surface area contributed by atoms with Crippen LogP contribution in [0.5, 0.6) is 11.5 Å². The number of hydrogen-bond donors (Lipinski definition) is 6. The van der Waals surface area contributed by atoms with Crippen LogP contribution in [0.3, 0.4) is 0 Å². The average molecular weight is 1750 g/mol. The fourth-order valence-corrected chi connectivity index (χ4v) is 17.6. The highest BCUT2D eigenvalue weighted by Gasteiger charge is 2.39. The first-order valence-corrected chi connectivity index (χ1v) is 40.2. The number of aliphatic hydroxyl groups excluding tert-OH is 1. The summed E-state index contributed by atoms with van der Waals surface area (Å²) in [6, 6.07) is 37.7. The second-order valence-corrected chi connectivity index (χ2v) is 32.7. The number of aromatic carboxylic acids is 2. The van der Waals surface area contributed by atoms with Crippen LogP contribution in [0, 0.1) is 0 Å². The van der Waals surface area contributed by atoms with Gasteiger partial charge in [-0.2, -0.15) is 18.4 Å². The first kappa shape index (κ1) is 87.5. The normalized spacial score (nSPS) is 15.0. The number of carbonyl (C=O) groups excluding carboxylic acids is 1. The third kappa shape index (κ3) is 26.6. The summed E-state index contributed by atoms with van der Waals surface area (Å²) in [6.07, 6.45) is 1.89. The van der Waals surface area contributed by atoms with Crippen molar-refractivity contribution in [3.8, 4) is 11.5 Å². The van der Waals surface area contributed by atoms with Crippen LogP contribution in [0.2, 0.25) is 40.2 Å². The van der Waals surface area contributed by atoms with E-state index in [0.29, 0.717) is 73.8 Å². The monoisotopic (exact) mass is 1740 g/mol. The number of piperidine rings is 4. The van der Waals surface area contributed by atoms with Crippen molar-refractivity contribution in [2.45, 2.75) is 114 Å². The molecule has 4 fully saturated rings. The predicted octanol–water partition coefficient (Wildman–Crippen LogP) is 17.3. The lowest BCUT2D eigenvalue weighted by molar-refractivity contribution is -0.778. The highest BCUT2D eigenvalue weighted by atomic mass is 35.5. The van der Waals surface area contributed by atoms with Crippen molar-refractivity contribution in [3.05, 3.63) is 190 Å². The topological polar surface area (TPSA) is 295 Å². The standard InChI is InChI=1S/C24H26Cl2N4O3S.C22H22Cl2N4O3S.C14H14Cl2N4O2S.C11H13Cl2NO.C2HF3O2/c1-3-33-24(31)22-23(30(28-27-22)15-16-4-6-20(32-2)7-5-16)34-21-8-10-29(11-9-21)19-13-17(25)12-18(26)14-19;1-31-18-4-2-14(3-5-18)13-28-21(20(22(29)30)25-26-28)32-19-6-8-27(9-7-19)17-11-15(23)10-16(24)12-17;15-8-5-9(16)7-10(6-8)20-3-1-11(2-4-20)23-13-12(14(21)22)17-19-18-13;12-8-5-9(13)7-10(6-8)14-3-1-11(15)2-4-14;3-2(4,5)1(6)7/h4-7,12-14,21H,3,8-11,15H2,1-2H3;2-5,10-12,19H,6-9,13H2,1H3,(H,29,30);5-7,11H,1-4H2,(H,21,22)(H,17,18,19);5-7,11,15H,1-4H2;(H,6,7)/p+1. The van der Waals surface area contributed by atoms with Crippen molar-refractivity contribution < 1.29 is 71.7 Å². The summed E-state index contributed by atoms with van der Waals surface area (Å²) in [4.78, 5) is 53.2. The zero-order valence-corrected chi connectivity index (χ0v) is 68.2. The molecule has 24 nitrogen and oxygen atoms in total. The van der Waals surface area contributed by atoms with Crippen molar-refractivity contribution in [3.63, 3.8) is 0 Å². The number of thioether (sulfide) groups is 3. The summed E-state index contributed by atoms with van der Waals surface area (Å²) in [6.45, 7) is 9.90. The lowest BCUT2D eigenvalue weighted by Crippen LogP contribution is -2.40. The number of rotatable bonds is 20. The summed E-state index contributed by atoms with van der Waals surface area (Å²) in [5.41, 5.74) is 6.45. The van der Waals surface area contributed by atoms with Crippen LogP contribution in [0.15, 0.2) is 136 Å². The van der Waals surface area contributed by atoms with E-state index in [-0.39, 0.29) is 35.0 Å². The third-order valence-corrected chi connectivity index (χ3v) is 23.5. The largest absolute Gasteiger partial charge is 0.497 e. The van der Waals surface area contributed by atoms with Gasteiger partial charge in [-0.3, -0.25) is 0 Å². The number of esters is 1. The van der Waals surface area contributed by atoms with E-state index in [0.717, 1.165) is 154 Å². The van der Waals surface area contributed by atoms with Crippen molar-refractivity contribution in [1.29, 1.82) is 0 Å². The van der Waals surface area contributed by atoms with Crippen LogP contribution < -0.4 is 33.8 Å². The van der Waals surface area contributed by atoms with Gasteiger partial charge in [0.2, 0.25) is 16.4 Å². The van der Waals surface area contributed by atoms with Crippen molar-refractivity contribution in [1.82, 2.24) is 40.7 Å². The lowest BCUT2D eigenvalue weighted by atomic mass is 10.1. The maximum Gasteiger partial charge on any atom is 0.490 e. The van der Waals surface area contributed by atoms with E-state index >= 15 is 0 Å². The second kappa shape index (κ2) is 42.1. The SMILES string of the molecule is CCOC(=O)c1nnn(Cc2ccc(OC)cc2)c1SC1CCN(c2cc(Cl)cc(Cl)c2)CC1.COc1ccc(C[n+]2[nH]nc(C(=O)O)c2SC2CCN(c3cc(Cl)cc(Cl)c3)CC2)cc1.O=C(O)C(F)(F)F.O=C(O)c1n[nH]nc1SC1CCN(c2cc(Cl)cc(Cl)c2)CC1.OC1CCN(c2cc(Cl)cc(Cl)c2)CC1. The summed E-state index contributed by atoms with van der Waals surface area (Å²) in [5, 5.41) is 68.3. The molecule has 6 N–H and O–H groups in total. The number of methoxy groups -OCH3 is 2. The molecule has 4 aliphatic heterocycles. The summed E-state index contributed by atoms with van der Waals surface area (Å²) in [5.74, 6) is -3.74. The Kier molecular flexibility index (Phi) is 33.2. The number of ether oxygens (including phenoxy) is 3. The first-order valence-electron chi connectivity index (χ1n) is 34.6. The maximum absolute atomic E-state index is 12.6. The number of aromatic nitrogens is 9. The molecule has 13 rings (SSSR count). The van der Waals surface area contributed by atoms with Gasteiger partial charge in [-0.1, -0.05) is 151 Å². The lowest BCUT2D eigenvalue weighted by Gasteiger charge is -2.33. The smallest absolute Gasteiger partial charge is 0.490 e. The Labute approximate surface area is 690 Å². The Morgan fingerprint density at radius 2 is 0.883 bits per heavy atom. The quantitative estimate of drug-likeness (QED) is 0.0305.